The molecule has 0 unspecified atom stereocenters. The molecule has 1 fully saturated rings. The largest absolute Gasteiger partial charge is 0.466 e. The summed E-state index contributed by atoms with van der Waals surface area (Å²) in [5.74, 6) is -0.211. The normalized spacial score (nSPS) is 12.6. The van der Waals surface area contributed by atoms with Crippen LogP contribution in [-0.4, -0.2) is 30.1 Å². The second-order valence-corrected chi connectivity index (χ2v) is 3.96. The molecule has 1 saturated carbocycles. The van der Waals surface area contributed by atoms with Gasteiger partial charge in [-0.2, -0.15) is 0 Å². The third-order valence-electron chi connectivity index (χ3n) is 1.85. The molecule has 0 aromatic carbocycles. The highest BCUT2D eigenvalue weighted by Gasteiger charge is 1.95. The maximum Gasteiger partial charge on any atom is 0.302 e. The van der Waals surface area contributed by atoms with Gasteiger partial charge < -0.3 is 9.84 Å². The number of hydrogen-bond donors (Lipinski definition) is 1. The zero-order valence-electron chi connectivity index (χ0n) is 11.2. The lowest BCUT2D eigenvalue weighted by Crippen LogP contribution is -1.95. The van der Waals surface area contributed by atoms with E-state index in [-0.39, 0.29) is 11.3 Å². The van der Waals surface area contributed by atoms with Crippen LogP contribution in [0.15, 0.2) is 0 Å². The molecule has 0 spiro atoms. The number of carbonyl (C=O) groups is 1. The van der Waals surface area contributed by atoms with Crippen LogP contribution in [0.1, 0.15) is 52.4 Å². The highest BCUT2D eigenvalue weighted by molar-refractivity contribution is 6.40. The predicted molar refractivity (Wildman–Crippen MR) is 74.7 cm³/mol. The van der Waals surface area contributed by atoms with E-state index >= 15 is 0 Å². The fraction of sp³-hybridized carbons (Fsp3) is 0.917. The average Bonchev–Trinajstić information content (AvgIpc) is 2.35. The first-order chi connectivity index (χ1) is 8.18. The van der Waals surface area contributed by atoms with E-state index in [9.17, 15) is 4.79 Å². The van der Waals surface area contributed by atoms with Gasteiger partial charge in [0, 0.05) is 14.0 Å². The molecule has 0 aliphatic heterocycles. The second kappa shape index (κ2) is 25.0. The zero-order chi connectivity index (χ0) is 13.9. The van der Waals surface area contributed by atoms with Crippen molar-refractivity contribution in [3.05, 3.63) is 0 Å². The summed E-state index contributed by atoms with van der Waals surface area (Å²) in [7, 11) is 1.00. The molecule has 0 atom stereocenters. The minimum atomic E-state index is -0.211. The monoisotopic (exact) mass is 288 g/mol. The van der Waals surface area contributed by atoms with E-state index in [2.05, 4.69) is 4.74 Å². The van der Waals surface area contributed by atoms with Crippen LogP contribution in [0, 0.1) is 0 Å². The Morgan fingerprint density at radius 3 is 1.35 bits per heavy atom. The molecular weight excluding hydrogens is 263 g/mol. The maximum absolute atomic E-state index is 9.82. The molecule has 0 heterocycles. The summed E-state index contributed by atoms with van der Waals surface area (Å²) in [6, 6.07) is 0. The molecule has 1 aliphatic carbocycles. The summed E-state index contributed by atoms with van der Waals surface area (Å²) in [6.45, 7) is 3.65. The van der Waals surface area contributed by atoms with E-state index in [1.165, 1.54) is 45.4 Å². The summed E-state index contributed by atoms with van der Waals surface area (Å²) in [6.07, 6.45) is 9.00. The number of esters is 1. The molecule has 0 bridgehead atoms. The summed E-state index contributed by atoms with van der Waals surface area (Å²) in [4.78, 5) is 9.82. The molecule has 106 valence electrons. The third-order valence-corrected chi connectivity index (χ3v) is 1.85. The first kappa shape index (κ1) is 22.2. The van der Waals surface area contributed by atoms with Gasteiger partial charge in [-0.1, -0.05) is 38.5 Å². The van der Waals surface area contributed by atoms with Crippen LogP contribution in [0.2, 0.25) is 0 Å². The molecule has 5 heteroatoms. The van der Waals surface area contributed by atoms with Crippen molar-refractivity contribution in [2.24, 2.45) is 0 Å². The number of rotatable bonds is 1. The Morgan fingerprint density at radius 1 is 1.06 bits per heavy atom. The molecule has 17 heavy (non-hydrogen) atoms. The Kier molecular flexibility index (Phi) is 32.7. The number of halogens is 2. The number of carbonyl (C=O) groups excluding carboxylic acids is 1. The minimum absolute atomic E-state index is 0.194. The van der Waals surface area contributed by atoms with Gasteiger partial charge in [-0.05, 0) is 6.92 Å². The topological polar surface area (TPSA) is 46.5 Å². The summed E-state index contributed by atoms with van der Waals surface area (Å²) < 4.78 is 4.40. The van der Waals surface area contributed by atoms with Gasteiger partial charge in [0.25, 0.3) is 0 Å². The highest BCUT2D eigenvalue weighted by atomic mass is 35.5. The Labute approximate surface area is 115 Å². The SMILES string of the molecule is C1CCCCC1.CCOC(C)=O.CO.ClCCl. The minimum Gasteiger partial charge on any atom is -0.466 e. The lowest BCUT2D eigenvalue weighted by molar-refractivity contribution is -0.140. The van der Waals surface area contributed by atoms with Crippen molar-refractivity contribution in [3.8, 4) is 0 Å². The summed E-state index contributed by atoms with van der Waals surface area (Å²) in [5, 5.41) is 7.19. The van der Waals surface area contributed by atoms with Crippen molar-refractivity contribution < 1.29 is 14.6 Å². The standard InChI is InChI=1S/C6H12.C4H8O2.CH2Cl2.CH4O/c1-2-4-6-5-3-1;1-3-6-4(2)5;2-1-3;1-2/h1-6H2;3H2,1-2H3;1H2;2H,1H3. The molecule has 1 N–H and O–H groups in total. The predicted octanol–water partition coefficient (Wildman–Crippen LogP) is 3.94. The molecule has 0 saturated heterocycles. The first-order valence-electron chi connectivity index (χ1n) is 5.89. The molecule has 1 aliphatic rings. The third kappa shape index (κ3) is 38.7. The molecular formula is C12H26Cl2O3. The molecule has 1 rings (SSSR count). The number of alkyl halides is 2. The van der Waals surface area contributed by atoms with Gasteiger partial charge in [0.2, 0.25) is 0 Å². The number of ether oxygens (including phenoxy) is 1. The van der Waals surface area contributed by atoms with E-state index in [1.54, 1.807) is 6.92 Å². The van der Waals surface area contributed by atoms with Crippen LogP contribution in [0.25, 0.3) is 0 Å². The number of aliphatic hydroxyl groups excluding tert-OH is 1. The second-order valence-electron chi connectivity index (χ2n) is 3.15. The summed E-state index contributed by atoms with van der Waals surface area (Å²) >= 11 is 9.53. The fourth-order valence-electron chi connectivity index (χ4n) is 1.26. The van der Waals surface area contributed by atoms with Gasteiger partial charge in [0.1, 0.15) is 0 Å². The zero-order valence-corrected chi connectivity index (χ0v) is 12.7. The van der Waals surface area contributed by atoms with E-state index in [4.69, 9.17) is 28.3 Å². The van der Waals surface area contributed by atoms with Crippen molar-refractivity contribution in [1.82, 2.24) is 0 Å². The van der Waals surface area contributed by atoms with Crippen LogP contribution in [0.5, 0.6) is 0 Å². The molecule has 0 aromatic heterocycles. The molecule has 0 aromatic rings. The maximum atomic E-state index is 9.82. The quantitative estimate of drug-likeness (QED) is 0.587. The van der Waals surface area contributed by atoms with E-state index < -0.39 is 0 Å². The Balaban J connectivity index is -0.000000169. The average molecular weight is 289 g/mol. The first-order valence-corrected chi connectivity index (χ1v) is 6.95. The van der Waals surface area contributed by atoms with Crippen molar-refractivity contribution in [2.45, 2.75) is 52.4 Å². The van der Waals surface area contributed by atoms with Gasteiger partial charge in [0.15, 0.2) is 0 Å². The van der Waals surface area contributed by atoms with Gasteiger partial charge in [-0.15, -0.1) is 23.2 Å². The Bertz CT molecular complexity index is 117. The molecule has 0 radical (unpaired) electrons. The number of aliphatic hydroxyl groups is 1. The van der Waals surface area contributed by atoms with E-state index in [1.807, 2.05) is 0 Å². The van der Waals surface area contributed by atoms with Gasteiger partial charge in [-0.25, -0.2) is 0 Å². The lowest BCUT2D eigenvalue weighted by atomic mass is 10.0. The highest BCUT2D eigenvalue weighted by Crippen LogP contribution is 2.15. The van der Waals surface area contributed by atoms with Crippen molar-refractivity contribution in [1.29, 1.82) is 0 Å². The van der Waals surface area contributed by atoms with Crippen molar-refractivity contribution in [2.75, 3.05) is 19.1 Å². The Morgan fingerprint density at radius 2 is 1.29 bits per heavy atom. The number of hydrogen-bond acceptors (Lipinski definition) is 3. The van der Waals surface area contributed by atoms with Gasteiger partial charge >= 0.3 is 5.97 Å². The van der Waals surface area contributed by atoms with Crippen LogP contribution < -0.4 is 0 Å². The van der Waals surface area contributed by atoms with E-state index in [0.29, 0.717) is 6.61 Å². The van der Waals surface area contributed by atoms with Crippen LogP contribution in [0.3, 0.4) is 0 Å². The van der Waals surface area contributed by atoms with Gasteiger partial charge in [0.05, 0.1) is 11.9 Å². The summed E-state index contributed by atoms with van der Waals surface area (Å²) in [5.41, 5.74) is 0. The van der Waals surface area contributed by atoms with Crippen molar-refractivity contribution in [3.63, 3.8) is 0 Å². The van der Waals surface area contributed by atoms with E-state index in [0.717, 1.165) is 7.11 Å². The lowest BCUT2D eigenvalue weighted by Gasteiger charge is -2.05. The van der Waals surface area contributed by atoms with Crippen LogP contribution in [-0.2, 0) is 9.53 Å². The smallest absolute Gasteiger partial charge is 0.302 e. The Hall–Kier alpha value is 0.01000. The van der Waals surface area contributed by atoms with Crippen LogP contribution in [0.4, 0.5) is 0 Å². The molecule has 3 nitrogen and oxygen atoms in total. The molecule has 0 amide bonds. The van der Waals surface area contributed by atoms with Gasteiger partial charge in [-0.3, -0.25) is 4.79 Å². The fourth-order valence-corrected chi connectivity index (χ4v) is 1.26. The van der Waals surface area contributed by atoms with Crippen LogP contribution >= 0.6 is 23.2 Å². The van der Waals surface area contributed by atoms with Crippen molar-refractivity contribution >= 4 is 29.2 Å².